The van der Waals surface area contributed by atoms with E-state index in [1.807, 2.05) is 36.4 Å². The fraction of sp³-hybridized carbons (Fsp3) is 0.0800. The monoisotopic (exact) mass is 555 g/mol. The molecule has 0 spiro atoms. The van der Waals surface area contributed by atoms with Crippen LogP contribution < -0.4 is 14.4 Å². The summed E-state index contributed by atoms with van der Waals surface area (Å²) in [5.74, 6) is -0.325. The number of ether oxygens (including phenoxy) is 2. The number of hydrogen-bond acceptors (Lipinski definition) is 6. The molecule has 4 rings (SSSR count). The molecule has 1 heterocycles. The molecule has 0 saturated carbocycles. The summed E-state index contributed by atoms with van der Waals surface area (Å²) in [4.78, 5) is 26.2. The molecule has 3 aromatic carbocycles. The molecule has 0 radical (unpaired) electrons. The van der Waals surface area contributed by atoms with Gasteiger partial charge in [-0.2, -0.15) is 0 Å². The van der Waals surface area contributed by atoms with Gasteiger partial charge in [-0.25, -0.2) is 4.79 Å². The highest BCUT2D eigenvalue weighted by molar-refractivity contribution is 9.10. The minimum atomic E-state index is -1.07. The van der Waals surface area contributed by atoms with Crippen molar-refractivity contribution in [2.45, 2.75) is 6.61 Å². The van der Waals surface area contributed by atoms with Crippen molar-refractivity contribution in [1.29, 1.82) is 0 Å². The number of rotatable bonds is 7. The van der Waals surface area contributed by atoms with Crippen LogP contribution >= 0.6 is 39.9 Å². The van der Waals surface area contributed by atoms with Crippen LogP contribution in [0.1, 0.15) is 21.5 Å². The third-order valence-corrected chi connectivity index (χ3v) is 6.81. The van der Waals surface area contributed by atoms with Gasteiger partial charge >= 0.3 is 5.97 Å². The molecule has 1 fully saturated rings. The van der Waals surface area contributed by atoms with E-state index in [0.29, 0.717) is 37.5 Å². The lowest BCUT2D eigenvalue weighted by atomic mass is 10.1. The van der Waals surface area contributed by atoms with Crippen molar-refractivity contribution in [2.75, 3.05) is 12.0 Å². The number of aromatic carboxylic acids is 1. The number of carboxylic acid groups (broad SMARTS) is 1. The highest BCUT2D eigenvalue weighted by Crippen LogP contribution is 2.40. The van der Waals surface area contributed by atoms with Crippen molar-refractivity contribution < 1.29 is 24.2 Å². The summed E-state index contributed by atoms with van der Waals surface area (Å²) in [5, 5.41) is 9.25. The molecule has 1 aliphatic heterocycles. The maximum atomic E-state index is 13.1. The average Bonchev–Trinajstić information content (AvgIpc) is 3.11. The number of carboxylic acids is 1. The molecule has 1 aliphatic rings. The Morgan fingerprint density at radius 2 is 1.91 bits per heavy atom. The second-order valence-corrected chi connectivity index (χ2v) is 9.71. The van der Waals surface area contributed by atoms with Crippen LogP contribution in [-0.2, 0) is 11.4 Å². The number of thiocarbonyl (C=S) groups is 1. The molecule has 1 saturated heterocycles. The molecule has 0 atom stereocenters. The molecule has 172 valence electrons. The molecular formula is C25H18BrNO5S2. The van der Waals surface area contributed by atoms with Crippen LogP contribution in [-0.4, -0.2) is 28.4 Å². The first-order valence-electron chi connectivity index (χ1n) is 10.0. The van der Waals surface area contributed by atoms with Gasteiger partial charge in [-0.3, -0.25) is 9.69 Å². The van der Waals surface area contributed by atoms with Crippen molar-refractivity contribution in [3.63, 3.8) is 0 Å². The Morgan fingerprint density at radius 1 is 1.15 bits per heavy atom. The molecule has 0 aromatic heterocycles. The lowest BCUT2D eigenvalue weighted by Gasteiger charge is -2.15. The van der Waals surface area contributed by atoms with Crippen molar-refractivity contribution >= 4 is 67.9 Å². The number of amides is 1. The van der Waals surface area contributed by atoms with Crippen LogP contribution in [0, 0.1) is 0 Å². The Balaban J connectivity index is 1.59. The number of nitrogens with zero attached hydrogens (tertiary/aromatic N) is 1. The third kappa shape index (κ3) is 5.16. The summed E-state index contributed by atoms with van der Waals surface area (Å²) in [6.45, 7) is 0.378. The summed E-state index contributed by atoms with van der Waals surface area (Å²) in [6.07, 6.45) is 1.72. The van der Waals surface area contributed by atoms with Gasteiger partial charge in [0.2, 0.25) is 0 Å². The van der Waals surface area contributed by atoms with Gasteiger partial charge in [0.25, 0.3) is 5.91 Å². The zero-order valence-electron chi connectivity index (χ0n) is 17.9. The van der Waals surface area contributed by atoms with Gasteiger partial charge in [0.15, 0.2) is 15.8 Å². The molecule has 0 aliphatic carbocycles. The minimum absolute atomic E-state index is 0.0790. The molecule has 1 amide bonds. The number of halogens is 1. The number of hydrogen-bond donors (Lipinski definition) is 1. The normalized spacial score (nSPS) is 14.5. The first kappa shape index (κ1) is 24.0. The molecule has 0 unspecified atom stereocenters. The Morgan fingerprint density at radius 3 is 2.62 bits per heavy atom. The Bertz CT molecular complexity index is 1310. The van der Waals surface area contributed by atoms with Gasteiger partial charge in [-0.05, 0) is 63.5 Å². The first-order valence-corrected chi connectivity index (χ1v) is 12.0. The predicted molar refractivity (Wildman–Crippen MR) is 141 cm³/mol. The quantitative estimate of drug-likeness (QED) is 0.277. The minimum Gasteiger partial charge on any atom is -0.493 e. The first-order chi connectivity index (χ1) is 16.4. The summed E-state index contributed by atoms with van der Waals surface area (Å²) >= 11 is 10.1. The van der Waals surface area contributed by atoms with E-state index in [2.05, 4.69) is 15.9 Å². The maximum absolute atomic E-state index is 13.1. The van der Waals surface area contributed by atoms with Crippen LogP contribution in [0.3, 0.4) is 0 Å². The van der Waals surface area contributed by atoms with Crippen LogP contribution in [0.5, 0.6) is 11.5 Å². The Labute approximate surface area is 214 Å². The zero-order chi connectivity index (χ0) is 24.2. The van der Waals surface area contributed by atoms with E-state index < -0.39 is 5.97 Å². The van der Waals surface area contributed by atoms with Gasteiger partial charge in [0.05, 0.1) is 27.7 Å². The van der Waals surface area contributed by atoms with Crippen LogP contribution in [0.25, 0.3) is 6.08 Å². The van der Waals surface area contributed by atoms with E-state index in [-0.39, 0.29) is 11.5 Å². The van der Waals surface area contributed by atoms with E-state index in [4.69, 9.17) is 21.7 Å². The second kappa shape index (κ2) is 10.4. The number of thioether (sulfide) groups is 1. The Kier molecular flexibility index (Phi) is 7.35. The van der Waals surface area contributed by atoms with E-state index in [0.717, 1.165) is 22.9 Å². The molecular weight excluding hydrogens is 538 g/mol. The number of carbonyl (C=O) groups excluding carboxylic acids is 1. The van der Waals surface area contributed by atoms with Crippen LogP contribution in [0.15, 0.2) is 76.1 Å². The summed E-state index contributed by atoms with van der Waals surface area (Å²) in [6, 6.07) is 19.5. The maximum Gasteiger partial charge on any atom is 0.335 e. The highest BCUT2D eigenvalue weighted by Gasteiger charge is 2.33. The van der Waals surface area contributed by atoms with Gasteiger partial charge in [-0.1, -0.05) is 60.4 Å². The SMILES string of the molecule is COc1cc(C=C2SC(=S)N(c3cccc(C(=O)O)c3)C2=O)cc(Br)c1OCc1ccccc1. The fourth-order valence-electron chi connectivity index (χ4n) is 3.31. The van der Waals surface area contributed by atoms with E-state index in [1.165, 1.54) is 17.0 Å². The van der Waals surface area contributed by atoms with Crippen LogP contribution in [0.4, 0.5) is 5.69 Å². The van der Waals surface area contributed by atoms with Gasteiger partial charge in [0.1, 0.15) is 6.61 Å². The molecule has 0 bridgehead atoms. The number of anilines is 1. The van der Waals surface area contributed by atoms with Crippen LogP contribution in [0.2, 0.25) is 0 Å². The summed E-state index contributed by atoms with van der Waals surface area (Å²) < 4.78 is 12.5. The lowest BCUT2D eigenvalue weighted by Crippen LogP contribution is -2.27. The lowest BCUT2D eigenvalue weighted by molar-refractivity contribution is -0.113. The summed E-state index contributed by atoms with van der Waals surface area (Å²) in [5.41, 5.74) is 2.23. The second-order valence-electron chi connectivity index (χ2n) is 7.18. The highest BCUT2D eigenvalue weighted by atomic mass is 79.9. The largest absolute Gasteiger partial charge is 0.493 e. The number of carbonyl (C=O) groups is 2. The van der Waals surface area contributed by atoms with Crippen molar-refractivity contribution in [3.8, 4) is 11.5 Å². The van der Waals surface area contributed by atoms with Gasteiger partial charge < -0.3 is 14.6 Å². The van der Waals surface area contributed by atoms with E-state index >= 15 is 0 Å². The standard InChI is InChI=1S/C25H18BrNO5S2/c1-31-20-11-16(10-19(26)22(20)32-14-15-6-3-2-4-7-15)12-21-23(28)27(25(33)34-21)18-9-5-8-17(13-18)24(29)30/h2-13H,14H2,1H3,(H,29,30). The van der Waals surface area contributed by atoms with Crippen molar-refractivity contribution in [3.05, 3.63) is 92.8 Å². The number of benzene rings is 3. The molecule has 9 heteroatoms. The third-order valence-electron chi connectivity index (χ3n) is 4.92. The number of methoxy groups -OCH3 is 1. The fourth-order valence-corrected chi connectivity index (χ4v) is 5.19. The molecule has 3 aromatic rings. The molecule has 6 nitrogen and oxygen atoms in total. The van der Waals surface area contributed by atoms with Gasteiger partial charge in [0, 0.05) is 0 Å². The summed E-state index contributed by atoms with van der Waals surface area (Å²) in [7, 11) is 1.55. The predicted octanol–water partition coefficient (Wildman–Crippen LogP) is 6.14. The molecule has 34 heavy (non-hydrogen) atoms. The van der Waals surface area contributed by atoms with E-state index in [1.54, 1.807) is 31.4 Å². The molecule has 1 N–H and O–H groups in total. The Hall–Kier alpha value is -3.14. The zero-order valence-corrected chi connectivity index (χ0v) is 21.1. The van der Waals surface area contributed by atoms with Gasteiger partial charge in [-0.15, -0.1) is 0 Å². The van der Waals surface area contributed by atoms with E-state index in [9.17, 15) is 14.7 Å². The smallest absolute Gasteiger partial charge is 0.335 e. The van der Waals surface area contributed by atoms with Crippen molar-refractivity contribution in [1.82, 2.24) is 0 Å². The average molecular weight is 556 g/mol. The topological polar surface area (TPSA) is 76.1 Å². The van der Waals surface area contributed by atoms with Crippen molar-refractivity contribution in [2.24, 2.45) is 0 Å².